The molecular weight excluding hydrogens is 490 g/mol. The number of aromatic nitrogens is 5. The molecule has 0 atom stereocenters. The summed E-state index contributed by atoms with van der Waals surface area (Å²) in [6.45, 7) is 4.79. The molecule has 5 heteroatoms. The SMILES string of the molecule is CC1(C)C2=C(CCCC2)c2c1ccc1c3cnccc3n(-c3nc(-c4ccccc4)nc(-c4ccccc4)n3)c21. The Balaban J connectivity index is 1.50. The fourth-order valence-corrected chi connectivity index (χ4v) is 6.92. The van der Waals surface area contributed by atoms with Gasteiger partial charge in [0.1, 0.15) is 0 Å². The first-order valence-electron chi connectivity index (χ1n) is 14.1. The summed E-state index contributed by atoms with van der Waals surface area (Å²) in [5, 5.41) is 2.31. The van der Waals surface area contributed by atoms with Crippen LogP contribution in [0.3, 0.4) is 0 Å². The van der Waals surface area contributed by atoms with Gasteiger partial charge in [0.25, 0.3) is 0 Å². The Morgan fingerprint density at radius 3 is 2.08 bits per heavy atom. The molecule has 0 amide bonds. The Bertz CT molecular complexity index is 1910. The third-order valence-corrected chi connectivity index (χ3v) is 8.82. The van der Waals surface area contributed by atoms with Crippen molar-refractivity contribution in [1.29, 1.82) is 0 Å². The van der Waals surface area contributed by atoms with Gasteiger partial charge in [0, 0.05) is 45.3 Å². The summed E-state index contributed by atoms with van der Waals surface area (Å²) in [7, 11) is 0. The van der Waals surface area contributed by atoms with Gasteiger partial charge < -0.3 is 0 Å². The van der Waals surface area contributed by atoms with Crippen molar-refractivity contribution in [3.05, 3.63) is 108 Å². The van der Waals surface area contributed by atoms with Crippen LogP contribution in [0.2, 0.25) is 0 Å². The minimum atomic E-state index is 0.0162. The van der Waals surface area contributed by atoms with Gasteiger partial charge >= 0.3 is 0 Å². The maximum atomic E-state index is 5.14. The summed E-state index contributed by atoms with van der Waals surface area (Å²) in [4.78, 5) is 19.8. The van der Waals surface area contributed by atoms with Crippen molar-refractivity contribution in [1.82, 2.24) is 24.5 Å². The van der Waals surface area contributed by atoms with Gasteiger partial charge in [-0.25, -0.2) is 4.98 Å². The van der Waals surface area contributed by atoms with E-state index in [4.69, 9.17) is 15.0 Å². The van der Waals surface area contributed by atoms with Crippen LogP contribution < -0.4 is 0 Å². The molecule has 5 nitrogen and oxygen atoms in total. The molecule has 0 saturated heterocycles. The fraction of sp³-hybridized carbons (Fsp3) is 0.200. The molecule has 3 aromatic carbocycles. The second kappa shape index (κ2) is 8.68. The van der Waals surface area contributed by atoms with E-state index in [2.05, 4.69) is 65.9 Å². The largest absolute Gasteiger partial charge is 0.277 e. The molecular formula is C35H29N5. The molecule has 40 heavy (non-hydrogen) atoms. The van der Waals surface area contributed by atoms with Crippen LogP contribution in [0.25, 0.3) is 56.1 Å². The Hall–Kier alpha value is -4.64. The van der Waals surface area contributed by atoms with Gasteiger partial charge in [-0.15, -0.1) is 0 Å². The maximum Gasteiger partial charge on any atom is 0.238 e. The van der Waals surface area contributed by atoms with Gasteiger partial charge in [-0.2, -0.15) is 9.97 Å². The number of nitrogens with zero attached hydrogens (tertiary/aromatic N) is 5. The molecule has 0 spiro atoms. The van der Waals surface area contributed by atoms with Crippen LogP contribution in [0.15, 0.2) is 96.8 Å². The second-order valence-corrected chi connectivity index (χ2v) is 11.4. The second-order valence-electron chi connectivity index (χ2n) is 11.4. The molecule has 0 fully saturated rings. The smallest absolute Gasteiger partial charge is 0.238 e. The van der Waals surface area contributed by atoms with Crippen LogP contribution in [0.5, 0.6) is 0 Å². The molecule has 2 aliphatic rings. The summed E-state index contributed by atoms with van der Waals surface area (Å²) in [5.41, 5.74) is 10.1. The fourth-order valence-electron chi connectivity index (χ4n) is 6.92. The summed E-state index contributed by atoms with van der Waals surface area (Å²) in [6, 6.07) is 27.1. The van der Waals surface area contributed by atoms with E-state index in [1.165, 1.54) is 46.9 Å². The highest BCUT2D eigenvalue weighted by Gasteiger charge is 2.40. The first-order chi connectivity index (χ1) is 19.6. The minimum Gasteiger partial charge on any atom is -0.277 e. The minimum absolute atomic E-state index is 0.0162. The van der Waals surface area contributed by atoms with Crippen molar-refractivity contribution in [2.75, 3.05) is 0 Å². The molecule has 194 valence electrons. The number of allylic oxidation sites excluding steroid dienone is 2. The van der Waals surface area contributed by atoms with Crippen molar-refractivity contribution >= 4 is 27.4 Å². The van der Waals surface area contributed by atoms with E-state index in [0.29, 0.717) is 17.6 Å². The van der Waals surface area contributed by atoms with Crippen molar-refractivity contribution in [2.24, 2.45) is 0 Å². The lowest BCUT2D eigenvalue weighted by Gasteiger charge is -2.26. The van der Waals surface area contributed by atoms with Crippen LogP contribution >= 0.6 is 0 Å². The van der Waals surface area contributed by atoms with Gasteiger partial charge in [0.05, 0.1) is 11.0 Å². The van der Waals surface area contributed by atoms with E-state index in [1.54, 1.807) is 5.57 Å². The number of fused-ring (bicyclic) bond motifs is 6. The van der Waals surface area contributed by atoms with Crippen LogP contribution in [0.1, 0.15) is 50.7 Å². The number of hydrogen-bond acceptors (Lipinski definition) is 4. The number of pyridine rings is 1. The van der Waals surface area contributed by atoms with E-state index in [0.717, 1.165) is 28.5 Å². The van der Waals surface area contributed by atoms with Gasteiger partial charge in [-0.05, 0) is 42.9 Å². The molecule has 6 aromatic rings. The third kappa shape index (κ3) is 3.33. The molecule has 0 saturated carbocycles. The van der Waals surface area contributed by atoms with E-state index >= 15 is 0 Å². The van der Waals surface area contributed by atoms with Crippen molar-refractivity contribution in [3.8, 4) is 28.7 Å². The first kappa shape index (κ1) is 23.3. The summed E-state index contributed by atoms with van der Waals surface area (Å²) in [6.07, 6.45) is 8.63. The topological polar surface area (TPSA) is 56.5 Å². The van der Waals surface area contributed by atoms with Crippen molar-refractivity contribution in [3.63, 3.8) is 0 Å². The van der Waals surface area contributed by atoms with Crippen LogP contribution in [-0.2, 0) is 5.41 Å². The zero-order chi connectivity index (χ0) is 26.8. The van der Waals surface area contributed by atoms with E-state index in [-0.39, 0.29) is 5.41 Å². The maximum absolute atomic E-state index is 5.14. The molecule has 8 rings (SSSR count). The zero-order valence-corrected chi connectivity index (χ0v) is 22.7. The average Bonchev–Trinajstić information content (AvgIpc) is 3.47. The standard InChI is InChI=1S/C35H29N5/c1-35(2)27-16-10-9-15-25(27)30-28(35)18-17-24-26-21-36-20-19-29(26)40(31(24)30)34-38-32(22-11-5-3-6-12-22)37-33(39-34)23-13-7-4-8-14-23/h3-8,11-14,17-21H,9-10,15-16H2,1-2H3. The molecule has 0 N–H and O–H groups in total. The Kier molecular flexibility index (Phi) is 5.05. The first-order valence-corrected chi connectivity index (χ1v) is 14.1. The highest BCUT2D eigenvalue weighted by atomic mass is 15.2. The van der Waals surface area contributed by atoms with Gasteiger partial charge in [0.15, 0.2) is 11.6 Å². The summed E-state index contributed by atoms with van der Waals surface area (Å²) >= 11 is 0. The monoisotopic (exact) mass is 519 g/mol. The normalized spacial score (nSPS) is 15.9. The molecule has 3 heterocycles. The van der Waals surface area contributed by atoms with Gasteiger partial charge in [-0.1, -0.05) is 92.2 Å². The predicted molar refractivity (Wildman–Crippen MR) is 161 cm³/mol. The van der Waals surface area contributed by atoms with Crippen molar-refractivity contribution in [2.45, 2.75) is 44.9 Å². The molecule has 0 unspecified atom stereocenters. The molecule has 2 aliphatic carbocycles. The van der Waals surface area contributed by atoms with Crippen LogP contribution in [0, 0.1) is 0 Å². The molecule has 3 aromatic heterocycles. The van der Waals surface area contributed by atoms with E-state index in [1.807, 2.05) is 48.8 Å². The van der Waals surface area contributed by atoms with E-state index in [9.17, 15) is 0 Å². The zero-order valence-electron chi connectivity index (χ0n) is 22.7. The Morgan fingerprint density at radius 1 is 0.700 bits per heavy atom. The lowest BCUT2D eigenvalue weighted by Crippen LogP contribution is -2.18. The number of benzene rings is 3. The molecule has 0 bridgehead atoms. The predicted octanol–water partition coefficient (Wildman–Crippen LogP) is 8.32. The van der Waals surface area contributed by atoms with Gasteiger partial charge in [-0.3, -0.25) is 9.55 Å². The van der Waals surface area contributed by atoms with Crippen LogP contribution in [-0.4, -0.2) is 24.5 Å². The molecule has 0 aliphatic heterocycles. The highest BCUT2D eigenvalue weighted by Crippen LogP contribution is 2.54. The average molecular weight is 520 g/mol. The number of hydrogen-bond donors (Lipinski definition) is 0. The van der Waals surface area contributed by atoms with Crippen molar-refractivity contribution < 1.29 is 0 Å². The quantitative estimate of drug-likeness (QED) is 0.236. The Morgan fingerprint density at radius 2 is 1.38 bits per heavy atom. The summed E-state index contributed by atoms with van der Waals surface area (Å²) in [5.74, 6) is 1.97. The van der Waals surface area contributed by atoms with E-state index < -0.39 is 0 Å². The third-order valence-electron chi connectivity index (χ3n) is 8.82. The lowest BCUT2D eigenvalue weighted by molar-refractivity contribution is 0.574. The lowest BCUT2D eigenvalue weighted by atomic mass is 9.77. The highest BCUT2D eigenvalue weighted by molar-refractivity contribution is 6.13. The number of rotatable bonds is 3. The van der Waals surface area contributed by atoms with Crippen LogP contribution in [0.4, 0.5) is 0 Å². The molecule has 0 radical (unpaired) electrons. The summed E-state index contributed by atoms with van der Waals surface area (Å²) < 4.78 is 2.27. The Labute approximate surface area is 233 Å². The van der Waals surface area contributed by atoms with Gasteiger partial charge in [0.2, 0.25) is 5.95 Å².